The molecular formula is C28H23N3O5. The highest BCUT2D eigenvalue weighted by atomic mass is 16.5. The van der Waals surface area contributed by atoms with Crippen molar-refractivity contribution >= 4 is 35.1 Å². The van der Waals surface area contributed by atoms with Gasteiger partial charge in [-0.1, -0.05) is 60.7 Å². The van der Waals surface area contributed by atoms with Crippen LogP contribution in [0.15, 0.2) is 78.9 Å². The molecule has 2 saturated heterocycles. The monoisotopic (exact) mass is 481 g/mol. The Morgan fingerprint density at radius 2 is 1.61 bits per heavy atom. The van der Waals surface area contributed by atoms with Crippen molar-refractivity contribution in [3.05, 3.63) is 95.6 Å². The van der Waals surface area contributed by atoms with Gasteiger partial charge in [0, 0.05) is 17.3 Å². The van der Waals surface area contributed by atoms with E-state index in [9.17, 15) is 19.2 Å². The quantitative estimate of drug-likeness (QED) is 0.439. The van der Waals surface area contributed by atoms with E-state index in [1.54, 1.807) is 24.3 Å². The summed E-state index contributed by atoms with van der Waals surface area (Å²) < 4.78 is 4.89. The van der Waals surface area contributed by atoms with Crippen molar-refractivity contribution in [3.63, 3.8) is 0 Å². The van der Waals surface area contributed by atoms with Gasteiger partial charge in [0.05, 0.1) is 30.2 Å². The van der Waals surface area contributed by atoms with Crippen molar-refractivity contribution < 1.29 is 23.9 Å². The van der Waals surface area contributed by atoms with Crippen LogP contribution in [0.3, 0.4) is 0 Å². The maximum Gasteiger partial charge on any atom is 0.339 e. The van der Waals surface area contributed by atoms with Crippen LogP contribution in [0.25, 0.3) is 0 Å². The summed E-state index contributed by atoms with van der Waals surface area (Å²) in [5.74, 6) is -3.76. The molecule has 3 amide bonds. The number of anilines is 2. The molecule has 3 aliphatic rings. The standard InChI is InChI=1S/C28H23N3O5/c1-36-26(34)17-11-5-8-14-21(17)31-24(32)22-20(15-16-9-3-2-4-10-16)30-28(23(22)25(31)33)18-12-6-7-13-19(18)29-27(28)35/h2-14,20,22-23,30H,15H2,1H3,(H,29,35)/t20-,22-,23-,28-/m0/s1. The van der Waals surface area contributed by atoms with Crippen molar-refractivity contribution in [2.45, 2.75) is 18.0 Å². The molecule has 0 bridgehead atoms. The van der Waals surface area contributed by atoms with Crippen LogP contribution in [0, 0.1) is 11.8 Å². The molecule has 3 aromatic rings. The van der Waals surface area contributed by atoms with Crippen molar-refractivity contribution in [1.29, 1.82) is 0 Å². The lowest BCUT2D eigenvalue weighted by Crippen LogP contribution is -2.53. The number of fused-ring (bicyclic) bond motifs is 4. The normalized spacial score (nSPS) is 26.2. The van der Waals surface area contributed by atoms with Gasteiger partial charge in [0.2, 0.25) is 17.7 Å². The molecule has 1 spiro atoms. The number of hydrogen-bond donors (Lipinski definition) is 2. The fourth-order valence-electron chi connectivity index (χ4n) is 5.99. The van der Waals surface area contributed by atoms with E-state index in [0.29, 0.717) is 17.7 Å². The molecule has 0 aromatic heterocycles. The van der Waals surface area contributed by atoms with Crippen molar-refractivity contribution in [2.24, 2.45) is 11.8 Å². The van der Waals surface area contributed by atoms with E-state index in [1.807, 2.05) is 48.5 Å². The van der Waals surface area contributed by atoms with E-state index in [1.165, 1.54) is 13.2 Å². The minimum absolute atomic E-state index is 0.111. The lowest BCUT2D eigenvalue weighted by molar-refractivity contribution is -0.130. The molecule has 4 atom stereocenters. The van der Waals surface area contributed by atoms with Crippen LogP contribution in [0.1, 0.15) is 21.5 Å². The number of hydrogen-bond acceptors (Lipinski definition) is 6. The van der Waals surface area contributed by atoms with Crippen LogP contribution >= 0.6 is 0 Å². The second-order valence-electron chi connectivity index (χ2n) is 9.27. The van der Waals surface area contributed by atoms with Crippen LogP contribution in [0.5, 0.6) is 0 Å². The zero-order chi connectivity index (χ0) is 25.0. The van der Waals surface area contributed by atoms with Crippen LogP contribution in [-0.4, -0.2) is 36.8 Å². The molecule has 0 aliphatic carbocycles. The number of ether oxygens (including phenoxy) is 1. The number of imide groups is 1. The fourth-order valence-corrected chi connectivity index (χ4v) is 5.99. The molecule has 0 radical (unpaired) electrons. The number of para-hydroxylation sites is 2. The lowest BCUT2D eigenvalue weighted by Gasteiger charge is -2.30. The largest absolute Gasteiger partial charge is 0.465 e. The molecule has 8 nitrogen and oxygen atoms in total. The maximum atomic E-state index is 14.1. The summed E-state index contributed by atoms with van der Waals surface area (Å²) in [6.07, 6.45) is 0.449. The molecule has 2 fully saturated rings. The Morgan fingerprint density at radius 3 is 2.39 bits per heavy atom. The maximum absolute atomic E-state index is 14.1. The number of methoxy groups -OCH3 is 1. The third kappa shape index (κ3) is 2.97. The Bertz CT molecular complexity index is 1420. The predicted molar refractivity (Wildman–Crippen MR) is 131 cm³/mol. The molecule has 3 aliphatic heterocycles. The van der Waals surface area contributed by atoms with Crippen LogP contribution in [0.2, 0.25) is 0 Å². The summed E-state index contributed by atoms with van der Waals surface area (Å²) in [5, 5.41) is 6.33. The van der Waals surface area contributed by atoms with E-state index >= 15 is 0 Å². The first kappa shape index (κ1) is 22.2. The van der Waals surface area contributed by atoms with Crippen LogP contribution in [0.4, 0.5) is 11.4 Å². The van der Waals surface area contributed by atoms with E-state index in [-0.39, 0.29) is 17.2 Å². The highest BCUT2D eigenvalue weighted by Crippen LogP contribution is 2.54. The zero-order valence-electron chi connectivity index (χ0n) is 19.4. The highest BCUT2D eigenvalue weighted by molar-refractivity contribution is 6.27. The first-order valence-electron chi connectivity index (χ1n) is 11.7. The summed E-state index contributed by atoms with van der Waals surface area (Å²) in [6, 6.07) is 22.7. The average molecular weight is 482 g/mol. The highest BCUT2D eigenvalue weighted by Gasteiger charge is 2.70. The Hall–Kier alpha value is -4.30. The Balaban J connectivity index is 1.51. The van der Waals surface area contributed by atoms with Crippen molar-refractivity contribution in [1.82, 2.24) is 5.32 Å². The third-order valence-electron chi connectivity index (χ3n) is 7.47. The molecule has 180 valence electrons. The summed E-state index contributed by atoms with van der Waals surface area (Å²) in [4.78, 5) is 55.2. The Morgan fingerprint density at radius 1 is 0.917 bits per heavy atom. The molecule has 0 saturated carbocycles. The van der Waals surface area contributed by atoms with Crippen LogP contribution < -0.4 is 15.5 Å². The van der Waals surface area contributed by atoms with E-state index in [2.05, 4.69) is 10.6 Å². The molecular weight excluding hydrogens is 458 g/mol. The number of carbonyl (C=O) groups excluding carboxylic acids is 4. The molecule has 2 N–H and O–H groups in total. The topological polar surface area (TPSA) is 105 Å². The van der Waals surface area contributed by atoms with Gasteiger partial charge in [0.1, 0.15) is 5.54 Å². The number of carbonyl (C=O) groups is 4. The van der Waals surface area contributed by atoms with E-state index < -0.39 is 41.2 Å². The Kier molecular flexibility index (Phi) is 5.01. The van der Waals surface area contributed by atoms with Gasteiger partial charge in [-0.3, -0.25) is 19.7 Å². The molecule has 8 heteroatoms. The van der Waals surface area contributed by atoms with Gasteiger partial charge in [0.15, 0.2) is 0 Å². The predicted octanol–water partition coefficient (Wildman–Crippen LogP) is 2.64. The minimum atomic E-state index is -1.40. The number of nitrogens with one attached hydrogen (secondary N) is 2. The van der Waals surface area contributed by atoms with Crippen molar-refractivity contribution in [3.8, 4) is 0 Å². The zero-order valence-corrected chi connectivity index (χ0v) is 19.4. The minimum Gasteiger partial charge on any atom is -0.465 e. The van der Waals surface area contributed by atoms with Gasteiger partial charge < -0.3 is 10.1 Å². The first-order chi connectivity index (χ1) is 17.5. The third-order valence-corrected chi connectivity index (χ3v) is 7.47. The smallest absolute Gasteiger partial charge is 0.339 e. The van der Waals surface area contributed by atoms with Gasteiger partial charge in [0.25, 0.3) is 0 Å². The van der Waals surface area contributed by atoms with Gasteiger partial charge in [-0.05, 0) is 30.2 Å². The number of rotatable bonds is 4. The molecule has 3 heterocycles. The number of esters is 1. The second kappa shape index (κ2) is 8.13. The number of amides is 3. The van der Waals surface area contributed by atoms with Gasteiger partial charge >= 0.3 is 5.97 Å². The summed E-state index contributed by atoms with van der Waals surface area (Å²) in [7, 11) is 1.25. The molecule has 6 rings (SSSR count). The summed E-state index contributed by atoms with van der Waals surface area (Å²) in [6.45, 7) is 0. The first-order valence-corrected chi connectivity index (χ1v) is 11.7. The molecule has 3 aromatic carbocycles. The molecule has 0 unspecified atom stereocenters. The van der Waals surface area contributed by atoms with Gasteiger partial charge in [-0.2, -0.15) is 0 Å². The SMILES string of the molecule is COC(=O)c1ccccc1N1C(=O)[C@H]2[C@H](Cc3ccccc3)N[C@]3(C(=O)Nc4ccccc43)[C@@H]2C1=O. The van der Waals surface area contributed by atoms with E-state index in [4.69, 9.17) is 4.74 Å². The van der Waals surface area contributed by atoms with Gasteiger partial charge in [-0.15, -0.1) is 0 Å². The fraction of sp³-hybridized carbons (Fsp3) is 0.214. The summed E-state index contributed by atoms with van der Waals surface area (Å²) >= 11 is 0. The second-order valence-corrected chi connectivity index (χ2v) is 9.27. The lowest BCUT2D eigenvalue weighted by atomic mass is 9.76. The number of nitrogens with zero attached hydrogens (tertiary/aromatic N) is 1. The van der Waals surface area contributed by atoms with Crippen molar-refractivity contribution in [2.75, 3.05) is 17.3 Å². The summed E-state index contributed by atoms with van der Waals surface area (Å²) in [5.41, 5.74) is 1.11. The molecule has 36 heavy (non-hydrogen) atoms. The van der Waals surface area contributed by atoms with E-state index in [0.717, 1.165) is 10.5 Å². The van der Waals surface area contributed by atoms with Gasteiger partial charge in [-0.25, -0.2) is 9.69 Å². The van der Waals surface area contributed by atoms with Crippen LogP contribution in [-0.2, 0) is 31.1 Å². The Labute approximate surface area is 207 Å². The number of benzene rings is 3. The average Bonchev–Trinajstić information content (AvgIpc) is 3.48.